The lowest BCUT2D eigenvalue weighted by Gasteiger charge is -2.01. The van der Waals surface area contributed by atoms with Crippen molar-refractivity contribution in [3.05, 3.63) is 109 Å². The van der Waals surface area contributed by atoms with Crippen molar-refractivity contribution in [3.8, 4) is 0 Å². The van der Waals surface area contributed by atoms with Gasteiger partial charge in [0.2, 0.25) is 0 Å². The van der Waals surface area contributed by atoms with E-state index in [1.54, 1.807) is 18.2 Å². The molecule has 4 heteroatoms. The molecule has 2 N–H and O–H groups in total. The van der Waals surface area contributed by atoms with Crippen LogP contribution in [0.2, 0.25) is 0 Å². The molecular formula is C44H70O4. The van der Waals surface area contributed by atoms with Crippen LogP contribution in [0.1, 0.15) is 155 Å². The predicted octanol–water partition coefficient (Wildman–Crippen LogP) is 13.8. The zero-order valence-electron chi connectivity index (χ0n) is 30.7. The SMILES string of the molecule is CCCCCCCCCCC/C=C/C=C/C=C/C=C/C=C/C(=O)O.CCCCCCCCCCCCC/C=C/C=C/C=C/C=C/C(=O)O. The highest BCUT2D eigenvalue weighted by Crippen LogP contribution is 2.12. The number of hydrogen-bond acceptors (Lipinski definition) is 2. The lowest BCUT2D eigenvalue weighted by molar-refractivity contribution is -0.132. The van der Waals surface area contributed by atoms with Crippen LogP contribution in [0.5, 0.6) is 0 Å². The molecule has 0 bridgehead atoms. The Morgan fingerprint density at radius 1 is 0.333 bits per heavy atom. The molecule has 0 rings (SSSR count). The standard InChI is InChI=1S/C22H36O2.C22H34O2/c2*1-2-3-4-5-6-7-8-9-10-11-12-13-14-15-16-17-18-19-20-21-22(23)24/h14-21H,2-13H2,1H3,(H,23,24);12-21H,2-11H2,1H3,(H,23,24)/b15-14+,17-16+,19-18+,21-20+;13-12+,15-14+,17-16+,19-18+,21-20+. The van der Waals surface area contributed by atoms with Crippen molar-refractivity contribution in [2.75, 3.05) is 0 Å². The summed E-state index contributed by atoms with van der Waals surface area (Å²) in [6.07, 6.45) is 62.4. The molecule has 270 valence electrons. The Bertz CT molecular complexity index is 972. The van der Waals surface area contributed by atoms with E-state index in [2.05, 4.69) is 38.2 Å². The molecule has 48 heavy (non-hydrogen) atoms. The molecule has 0 radical (unpaired) electrons. The highest BCUT2D eigenvalue weighted by Gasteiger charge is 1.93. The molecule has 0 aromatic heterocycles. The number of unbranched alkanes of at least 4 members (excludes halogenated alkanes) is 20. The first-order valence-corrected chi connectivity index (χ1v) is 19.0. The van der Waals surface area contributed by atoms with Gasteiger partial charge in [0, 0.05) is 12.2 Å². The number of aliphatic carboxylic acids is 2. The van der Waals surface area contributed by atoms with Crippen molar-refractivity contribution < 1.29 is 19.8 Å². The van der Waals surface area contributed by atoms with Gasteiger partial charge in [0.05, 0.1) is 0 Å². The molecule has 0 amide bonds. The van der Waals surface area contributed by atoms with Gasteiger partial charge in [0.1, 0.15) is 0 Å². The Balaban J connectivity index is 0. The molecule has 0 atom stereocenters. The molecule has 0 saturated carbocycles. The van der Waals surface area contributed by atoms with Crippen LogP contribution in [-0.4, -0.2) is 22.2 Å². The maximum Gasteiger partial charge on any atom is 0.328 e. The van der Waals surface area contributed by atoms with E-state index in [1.807, 2.05) is 42.5 Å². The molecule has 0 fully saturated rings. The second-order valence-electron chi connectivity index (χ2n) is 12.1. The average Bonchev–Trinajstić information content (AvgIpc) is 3.07. The van der Waals surface area contributed by atoms with Gasteiger partial charge in [-0.1, -0.05) is 227 Å². The van der Waals surface area contributed by atoms with Gasteiger partial charge in [-0.2, -0.15) is 0 Å². The number of hydrogen-bond donors (Lipinski definition) is 2. The molecule has 0 heterocycles. The predicted molar refractivity (Wildman–Crippen MR) is 210 cm³/mol. The third kappa shape index (κ3) is 49.5. The van der Waals surface area contributed by atoms with Gasteiger partial charge < -0.3 is 10.2 Å². The molecule has 0 aliphatic carbocycles. The van der Waals surface area contributed by atoms with Crippen LogP contribution < -0.4 is 0 Å². The summed E-state index contributed by atoms with van der Waals surface area (Å²) in [7, 11) is 0. The maximum atomic E-state index is 10.2. The van der Waals surface area contributed by atoms with E-state index in [0.717, 1.165) is 25.0 Å². The van der Waals surface area contributed by atoms with Crippen molar-refractivity contribution in [2.24, 2.45) is 0 Å². The summed E-state index contributed by atoms with van der Waals surface area (Å²) < 4.78 is 0. The minimum absolute atomic E-state index is 0.921. The fourth-order valence-corrected chi connectivity index (χ4v) is 4.77. The minimum Gasteiger partial charge on any atom is -0.478 e. The number of carboxylic acid groups (broad SMARTS) is 2. The third-order valence-electron chi connectivity index (χ3n) is 7.53. The highest BCUT2D eigenvalue weighted by atomic mass is 16.4. The molecule has 4 nitrogen and oxygen atoms in total. The van der Waals surface area contributed by atoms with Crippen LogP contribution >= 0.6 is 0 Å². The fraction of sp³-hybridized carbons (Fsp3) is 0.545. The van der Waals surface area contributed by atoms with E-state index in [4.69, 9.17) is 10.2 Å². The van der Waals surface area contributed by atoms with E-state index >= 15 is 0 Å². The topological polar surface area (TPSA) is 74.6 Å². The molecule has 0 aromatic carbocycles. The van der Waals surface area contributed by atoms with E-state index in [0.29, 0.717) is 0 Å². The summed E-state index contributed by atoms with van der Waals surface area (Å²) in [5.41, 5.74) is 0. The van der Waals surface area contributed by atoms with Gasteiger partial charge in [0.25, 0.3) is 0 Å². The number of carboxylic acids is 2. The van der Waals surface area contributed by atoms with Crippen LogP contribution in [0.15, 0.2) is 109 Å². The lowest BCUT2D eigenvalue weighted by Crippen LogP contribution is -1.84. The van der Waals surface area contributed by atoms with Gasteiger partial charge in [-0.3, -0.25) is 0 Å². The van der Waals surface area contributed by atoms with Crippen molar-refractivity contribution in [1.29, 1.82) is 0 Å². The second kappa shape index (κ2) is 43.6. The fourth-order valence-electron chi connectivity index (χ4n) is 4.77. The molecule has 0 spiro atoms. The van der Waals surface area contributed by atoms with Crippen LogP contribution in [0.4, 0.5) is 0 Å². The Morgan fingerprint density at radius 2 is 0.562 bits per heavy atom. The second-order valence-corrected chi connectivity index (χ2v) is 12.1. The van der Waals surface area contributed by atoms with Gasteiger partial charge in [0.15, 0.2) is 0 Å². The normalized spacial score (nSPS) is 12.5. The average molecular weight is 663 g/mol. The Labute approximate surface area is 295 Å². The first kappa shape index (κ1) is 46.7. The Kier molecular flexibility index (Phi) is 42.4. The van der Waals surface area contributed by atoms with Gasteiger partial charge >= 0.3 is 11.9 Å². The Hall–Kier alpha value is -3.40. The van der Waals surface area contributed by atoms with Crippen molar-refractivity contribution >= 4 is 11.9 Å². The molecule has 0 aliphatic heterocycles. The summed E-state index contributed by atoms with van der Waals surface area (Å²) in [4.78, 5) is 20.5. The quantitative estimate of drug-likeness (QED) is 0.0440. The molecular weight excluding hydrogens is 592 g/mol. The summed E-state index contributed by atoms with van der Waals surface area (Å²) >= 11 is 0. The lowest BCUT2D eigenvalue weighted by atomic mass is 10.1. The van der Waals surface area contributed by atoms with E-state index in [9.17, 15) is 9.59 Å². The van der Waals surface area contributed by atoms with E-state index < -0.39 is 11.9 Å². The Morgan fingerprint density at radius 3 is 0.833 bits per heavy atom. The summed E-state index contributed by atoms with van der Waals surface area (Å²) in [5.74, 6) is -1.85. The maximum absolute atomic E-state index is 10.2. The first-order chi connectivity index (χ1) is 23.5. The summed E-state index contributed by atoms with van der Waals surface area (Å²) in [6.45, 7) is 4.53. The monoisotopic (exact) mass is 663 g/mol. The van der Waals surface area contributed by atoms with Gasteiger partial charge in [-0.05, 0) is 25.7 Å². The molecule has 0 unspecified atom stereocenters. The molecule has 0 saturated heterocycles. The smallest absolute Gasteiger partial charge is 0.328 e. The zero-order valence-corrected chi connectivity index (χ0v) is 30.7. The highest BCUT2D eigenvalue weighted by molar-refractivity contribution is 5.80. The minimum atomic E-state index is -0.930. The zero-order chi connectivity index (χ0) is 35.4. The van der Waals surface area contributed by atoms with Crippen molar-refractivity contribution in [1.82, 2.24) is 0 Å². The number of rotatable bonds is 31. The van der Waals surface area contributed by atoms with Crippen LogP contribution in [0.3, 0.4) is 0 Å². The summed E-state index contributed by atoms with van der Waals surface area (Å²) in [6, 6.07) is 0. The third-order valence-corrected chi connectivity index (χ3v) is 7.53. The van der Waals surface area contributed by atoms with Crippen molar-refractivity contribution in [3.63, 3.8) is 0 Å². The van der Waals surface area contributed by atoms with Gasteiger partial charge in [-0.25, -0.2) is 9.59 Å². The van der Waals surface area contributed by atoms with Crippen LogP contribution in [0.25, 0.3) is 0 Å². The first-order valence-electron chi connectivity index (χ1n) is 19.0. The molecule has 0 aromatic rings. The van der Waals surface area contributed by atoms with E-state index in [1.165, 1.54) is 141 Å². The number of carbonyl (C=O) groups is 2. The summed E-state index contributed by atoms with van der Waals surface area (Å²) in [5, 5.41) is 16.8. The number of allylic oxidation sites excluding steroid dienone is 16. The largest absolute Gasteiger partial charge is 0.478 e. The van der Waals surface area contributed by atoms with Gasteiger partial charge in [-0.15, -0.1) is 0 Å². The van der Waals surface area contributed by atoms with Crippen molar-refractivity contribution in [2.45, 2.75) is 155 Å². The van der Waals surface area contributed by atoms with Crippen LogP contribution in [0, 0.1) is 0 Å². The van der Waals surface area contributed by atoms with Crippen LogP contribution in [-0.2, 0) is 9.59 Å². The molecule has 0 aliphatic rings. The van der Waals surface area contributed by atoms with E-state index in [-0.39, 0.29) is 0 Å².